The van der Waals surface area contributed by atoms with Crippen molar-refractivity contribution in [1.82, 2.24) is 5.32 Å². The first-order chi connectivity index (χ1) is 5.72. The fraction of sp³-hybridized carbons (Fsp3) is 1.00. The Hall–Kier alpha value is -0.0800. The van der Waals surface area contributed by atoms with Gasteiger partial charge in [0, 0.05) is 12.1 Å². The highest BCUT2D eigenvalue weighted by atomic mass is 15.0. The summed E-state index contributed by atoms with van der Waals surface area (Å²) in [5.41, 5.74) is 5.52. The lowest BCUT2D eigenvalue weighted by Crippen LogP contribution is -2.31. The van der Waals surface area contributed by atoms with Crippen LogP contribution in [0.2, 0.25) is 0 Å². The van der Waals surface area contributed by atoms with Crippen LogP contribution in [0.5, 0.6) is 0 Å². The molecule has 0 aromatic carbocycles. The molecule has 0 radical (unpaired) electrons. The molecule has 0 bridgehead atoms. The van der Waals surface area contributed by atoms with Crippen LogP contribution < -0.4 is 11.1 Å². The molecule has 2 nitrogen and oxygen atoms in total. The van der Waals surface area contributed by atoms with E-state index >= 15 is 0 Å². The first-order valence-corrected chi connectivity index (χ1v) is 5.18. The van der Waals surface area contributed by atoms with E-state index in [0.29, 0.717) is 6.04 Å². The molecule has 72 valence electrons. The quantitative estimate of drug-likeness (QED) is 0.671. The summed E-state index contributed by atoms with van der Waals surface area (Å²) in [6.07, 6.45) is 5.15. The molecule has 1 aliphatic rings. The van der Waals surface area contributed by atoms with Crippen molar-refractivity contribution < 1.29 is 0 Å². The van der Waals surface area contributed by atoms with E-state index in [1.54, 1.807) is 0 Å². The van der Waals surface area contributed by atoms with Crippen molar-refractivity contribution in [3.63, 3.8) is 0 Å². The summed E-state index contributed by atoms with van der Waals surface area (Å²) in [4.78, 5) is 0. The average molecular weight is 170 g/mol. The van der Waals surface area contributed by atoms with Crippen molar-refractivity contribution in [2.45, 2.75) is 51.6 Å². The van der Waals surface area contributed by atoms with Crippen molar-refractivity contribution >= 4 is 0 Å². The zero-order valence-corrected chi connectivity index (χ0v) is 8.34. The van der Waals surface area contributed by atoms with Gasteiger partial charge < -0.3 is 11.1 Å². The average Bonchev–Trinajstić information content (AvgIpc) is 2.36. The molecule has 2 atom stereocenters. The predicted molar refractivity (Wildman–Crippen MR) is 53.1 cm³/mol. The molecular weight excluding hydrogens is 148 g/mol. The molecule has 0 saturated carbocycles. The summed E-state index contributed by atoms with van der Waals surface area (Å²) in [5, 5.41) is 3.64. The zero-order valence-electron chi connectivity index (χ0n) is 8.34. The molecule has 1 saturated heterocycles. The minimum atomic E-state index is 0.707. The molecule has 1 heterocycles. The Labute approximate surface area is 75.9 Å². The van der Waals surface area contributed by atoms with E-state index in [1.807, 2.05) is 0 Å². The summed E-state index contributed by atoms with van der Waals surface area (Å²) < 4.78 is 0. The summed E-state index contributed by atoms with van der Waals surface area (Å²) >= 11 is 0. The van der Waals surface area contributed by atoms with Crippen LogP contribution >= 0.6 is 0 Å². The van der Waals surface area contributed by atoms with Crippen LogP contribution in [0.1, 0.15) is 39.5 Å². The maximum atomic E-state index is 5.52. The summed E-state index contributed by atoms with van der Waals surface area (Å²) in [6.45, 7) is 5.40. The lowest BCUT2D eigenvalue weighted by Gasteiger charge is -2.15. The van der Waals surface area contributed by atoms with Crippen LogP contribution in [0.25, 0.3) is 0 Å². The third kappa shape index (κ3) is 3.11. The highest BCUT2D eigenvalue weighted by Gasteiger charge is 2.22. The first-order valence-electron chi connectivity index (χ1n) is 5.18. The maximum Gasteiger partial charge on any atom is 0.00822 e. The lowest BCUT2D eigenvalue weighted by atomic mass is 10.0. The Morgan fingerprint density at radius 3 is 2.58 bits per heavy atom. The first kappa shape index (κ1) is 10.0. The van der Waals surface area contributed by atoms with Gasteiger partial charge in [-0.1, -0.05) is 13.8 Å². The smallest absolute Gasteiger partial charge is 0.00822 e. The molecule has 0 spiro atoms. The fourth-order valence-electron chi connectivity index (χ4n) is 2.09. The van der Waals surface area contributed by atoms with E-state index in [4.69, 9.17) is 5.73 Å². The van der Waals surface area contributed by atoms with Crippen molar-refractivity contribution in [1.29, 1.82) is 0 Å². The molecule has 0 aromatic heterocycles. The maximum absolute atomic E-state index is 5.52. The van der Waals surface area contributed by atoms with E-state index in [9.17, 15) is 0 Å². The Morgan fingerprint density at radius 2 is 2.00 bits per heavy atom. The van der Waals surface area contributed by atoms with Gasteiger partial charge in [0.25, 0.3) is 0 Å². The molecule has 0 amide bonds. The van der Waals surface area contributed by atoms with E-state index in [1.165, 1.54) is 19.3 Å². The monoisotopic (exact) mass is 170 g/mol. The molecular formula is C10H22N2. The van der Waals surface area contributed by atoms with Crippen LogP contribution in [-0.4, -0.2) is 18.6 Å². The minimum Gasteiger partial charge on any atom is -0.330 e. The second-order valence-electron chi connectivity index (χ2n) is 4.34. The van der Waals surface area contributed by atoms with Gasteiger partial charge in [-0.25, -0.2) is 0 Å². The SMILES string of the molecule is CC(C)C[C@@H]1CC[C@H](CCN)N1. The molecule has 2 heteroatoms. The molecule has 1 rings (SSSR count). The van der Waals surface area contributed by atoms with Gasteiger partial charge >= 0.3 is 0 Å². The van der Waals surface area contributed by atoms with Crippen molar-refractivity contribution in [3.05, 3.63) is 0 Å². The number of hydrogen-bond acceptors (Lipinski definition) is 2. The summed E-state index contributed by atoms with van der Waals surface area (Å²) in [5.74, 6) is 0.819. The van der Waals surface area contributed by atoms with Crippen molar-refractivity contribution in [2.75, 3.05) is 6.54 Å². The molecule has 0 aromatic rings. The topological polar surface area (TPSA) is 38.0 Å². The Balaban J connectivity index is 2.16. The fourth-order valence-corrected chi connectivity index (χ4v) is 2.09. The number of rotatable bonds is 4. The van der Waals surface area contributed by atoms with Crippen LogP contribution in [0, 0.1) is 5.92 Å². The second-order valence-corrected chi connectivity index (χ2v) is 4.34. The van der Waals surface area contributed by atoms with Crippen LogP contribution in [0.4, 0.5) is 0 Å². The minimum absolute atomic E-state index is 0.707. The number of nitrogens with two attached hydrogens (primary N) is 1. The number of nitrogens with one attached hydrogen (secondary N) is 1. The van der Waals surface area contributed by atoms with E-state index < -0.39 is 0 Å². The van der Waals surface area contributed by atoms with E-state index in [2.05, 4.69) is 19.2 Å². The van der Waals surface area contributed by atoms with Gasteiger partial charge in [-0.05, 0) is 38.1 Å². The van der Waals surface area contributed by atoms with Crippen LogP contribution in [-0.2, 0) is 0 Å². The van der Waals surface area contributed by atoms with Gasteiger partial charge in [-0.3, -0.25) is 0 Å². The third-order valence-corrected chi connectivity index (χ3v) is 2.61. The van der Waals surface area contributed by atoms with Crippen LogP contribution in [0.3, 0.4) is 0 Å². The molecule has 0 unspecified atom stereocenters. The van der Waals surface area contributed by atoms with Crippen molar-refractivity contribution in [3.8, 4) is 0 Å². The Bertz CT molecular complexity index is 123. The second kappa shape index (κ2) is 4.83. The van der Waals surface area contributed by atoms with Crippen molar-refractivity contribution in [2.24, 2.45) is 11.7 Å². The van der Waals surface area contributed by atoms with Gasteiger partial charge in [-0.15, -0.1) is 0 Å². The zero-order chi connectivity index (χ0) is 8.97. The van der Waals surface area contributed by atoms with Gasteiger partial charge in [0.1, 0.15) is 0 Å². The van der Waals surface area contributed by atoms with E-state index in [-0.39, 0.29) is 0 Å². The lowest BCUT2D eigenvalue weighted by molar-refractivity contribution is 0.438. The highest BCUT2D eigenvalue weighted by molar-refractivity contribution is 4.83. The van der Waals surface area contributed by atoms with Gasteiger partial charge in [0.2, 0.25) is 0 Å². The van der Waals surface area contributed by atoms with Gasteiger partial charge in [-0.2, -0.15) is 0 Å². The Kier molecular flexibility index (Phi) is 4.02. The third-order valence-electron chi connectivity index (χ3n) is 2.61. The predicted octanol–water partition coefficient (Wildman–Crippen LogP) is 1.50. The largest absolute Gasteiger partial charge is 0.330 e. The normalized spacial score (nSPS) is 30.0. The molecule has 1 aliphatic heterocycles. The Morgan fingerprint density at radius 1 is 1.33 bits per heavy atom. The highest BCUT2D eigenvalue weighted by Crippen LogP contribution is 2.19. The molecule has 0 aliphatic carbocycles. The van der Waals surface area contributed by atoms with Gasteiger partial charge in [0.05, 0.1) is 0 Å². The van der Waals surface area contributed by atoms with Gasteiger partial charge in [0.15, 0.2) is 0 Å². The number of hydrogen-bond donors (Lipinski definition) is 2. The summed E-state index contributed by atoms with van der Waals surface area (Å²) in [7, 11) is 0. The standard InChI is InChI=1S/C10H22N2/c1-8(2)7-10-4-3-9(12-10)5-6-11/h8-10,12H,3-7,11H2,1-2H3/t9-,10+/m1/s1. The molecule has 3 N–H and O–H groups in total. The summed E-state index contributed by atoms with van der Waals surface area (Å²) in [6, 6.07) is 1.47. The molecule has 1 fully saturated rings. The van der Waals surface area contributed by atoms with E-state index in [0.717, 1.165) is 24.9 Å². The van der Waals surface area contributed by atoms with Crippen LogP contribution in [0.15, 0.2) is 0 Å². The molecule has 12 heavy (non-hydrogen) atoms.